The maximum Gasteiger partial charge on any atom is 0.222 e. The Morgan fingerprint density at radius 1 is 1.38 bits per heavy atom. The molecule has 0 spiro atoms. The van der Waals surface area contributed by atoms with Crippen molar-refractivity contribution in [3.05, 3.63) is 23.8 Å². The first-order valence-corrected chi connectivity index (χ1v) is 7.32. The number of rotatable bonds is 7. The average Bonchev–Trinajstić information content (AvgIpc) is 3.30. The van der Waals surface area contributed by atoms with Gasteiger partial charge in [-0.25, -0.2) is 0 Å². The molecule has 1 fully saturated rings. The molecule has 1 aromatic carbocycles. The lowest BCUT2D eigenvalue weighted by atomic mass is 10.1. The SMILES string of the molecule is COc1ccc(C(C)NC(=O)CC(N)C2CC2)c(OC)c1. The molecule has 0 aliphatic heterocycles. The molecule has 116 valence electrons. The van der Waals surface area contributed by atoms with Crippen molar-refractivity contribution >= 4 is 5.91 Å². The van der Waals surface area contributed by atoms with Gasteiger partial charge in [0.05, 0.1) is 20.3 Å². The van der Waals surface area contributed by atoms with Crippen molar-refractivity contribution in [2.24, 2.45) is 11.7 Å². The Labute approximate surface area is 125 Å². The van der Waals surface area contributed by atoms with Gasteiger partial charge < -0.3 is 20.5 Å². The summed E-state index contributed by atoms with van der Waals surface area (Å²) in [4.78, 5) is 12.0. The topological polar surface area (TPSA) is 73.6 Å². The average molecular weight is 292 g/mol. The molecule has 2 rings (SSSR count). The van der Waals surface area contributed by atoms with E-state index in [1.165, 1.54) is 0 Å². The van der Waals surface area contributed by atoms with Gasteiger partial charge in [0.25, 0.3) is 0 Å². The number of methoxy groups -OCH3 is 2. The molecule has 0 radical (unpaired) electrons. The zero-order valence-electron chi connectivity index (χ0n) is 12.9. The Kier molecular flexibility index (Phi) is 5.07. The predicted molar refractivity (Wildman–Crippen MR) is 81.4 cm³/mol. The molecule has 0 saturated heterocycles. The van der Waals surface area contributed by atoms with Gasteiger partial charge in [-0.2, -0.15) is 0 Å². The molecule has 1 saturated carbocycles. The molecular formula is C16H24N2O3. The van der Waals surface area contributed by atoms with Crippen molar-refractivity contribution < 1.29 is 14.3 Å². The standard InChI is InChI=1S/C16H24N2O3/c1-10(18-16(19)9-14(17)11-4-5-11)13-7-6-12(20-2)8-15(13)21-3/h6-8,10-11,14H,4-5,9,17H2,1-3H3,(H,18,19). The highest BCUT2D eigenvalue weighted by molar-refractivity contribution is 5.77. The van der Waals surface area contributed by atoms with Crippen LogP contribution in [0.15, 0.2) is 18.2 Å². The first-order chi connectivity index (χ1) is 10.0. The smallest absolute Gasteiger partial charge is 0.222 e. The zero-order chi connectivity index (χ0) is 15.4. The second-order valence-electron chi connectivity index (χ2n) is 5.60. The van der Waals surface area contributed by atoms with Crippen LogP contribution in [0.3, 0.4) is 0 Å². The summed E-state index contributed by atoms with van der Waals surface area (Å²) in [6, 6.07) is 5.42. The summed E-state index contributed by atoms with van der Waals surface area (Å²) >= 11 is 0. The third-order valence-corrected chi connectivity index (χ3v) is 3.93. The van der Waals surface area contributed by atoms with E-state index in [1.807, 2.05) is 25.1 Å². The van der Waals surface area contributed by atoms with Gasteiger partial charge in [0.15, 0.2) is 0 Å². The molecule has 2 atom stereocenters. The summed E-state index contributed by atoms with van der Waals surface area (Å²) in [5.41, 5.74) is 6.91. The molecule has 1 aliphatic carbocycles. The highest BCUT2D eigenvalue weighted by Crippen LogP contribution is 2.33. The van der Waals surface area contributed by atoms with E-state index in [1.54, 1.807) is 14.2 Å². The Bertz CT molecular complexity index is 500. The summed E-state index contributed by atoms with van der Waals surface area (Å²) in [6.07, 6.45) is 2.68. The fraction of sp³-hybridized carbons (Fsp3) is 0.562. The van der Waals surface area contributed by atoms with Gasteiger partial charge >= 0.3 is 0 Å². The van der Waals surface area contributed by atoms with Crippen LogP contribution in [0.4, 0.5) is 0 Å². The van der Waals surface area contributed by atoms with E-state index < -0.39 is 0 Å². The summed E-state index contributed by atoms with van der Waals surface area (Å²) < 4.78 is 10.5. The predicted octanol–water partition coefficient (Wildman–Crippen LogP) is 2.01. The zero-order valence-corrected chi connectivity index (χ0v) is 12.9. The molecule has 1 amide bonds. The summed E-state index contributed by atoms with van der Waals surface area (Å²) in [5.74, 6) is 1.94. The van der Waals surface area contributed by atoms with Crippen LogP contribution in [0.5, 0.6) is 11.5 Å². The number of carbonyl (C=O) groups is 1. The molecule has 0 aromatic heterocycles. The Morgan fingerprint density at radius 2 is 2.10 bits per heavy atom. The van der Waals surface area contributed by atoms with E-state index in [0.29, 0.717) is 18.1 Å². The Hall–Kier alpha value is -1.75. The van der Waals surface area contributed by atoms with Gasteiger partial charge in [-0.15, -0.1) is 0 Å². The van der Waals surface area contributed by atoms with Crippen molar-refractivity contribution in [3.63, 3.8) is 0 Å². The van der Waals surface area contributed by atoms with Gasteiger partial charge in [0, 0.05) is 24.1 Å². The molecule has 5 heteroatoms. The van der Waals surface area contributed by atoms with Crippen LogP contribution in [-0.4, -0.2) is 26.2 Å². The quantitative estimate of drug-likeness (QED) is 0.806. The fourth-order valence-electron chi connectivity index (χ4n) is 2.46. The minimum atomic E-state index is -0.134. The van der Waals surface area contributed by atoms with E-state index in [4.69, 9.17) is 15.2 Å². The molecule has 1 aromatic rings. The van der Waals surface area contributed by atoms with Crippen molar-refractivity contribution in [3.8, 4) is 11.5 Å². The van der Waals surface area contributed by atoms with Crippen LogP contribution in [0.1, 0.15) is 37.8 Å². The number of carbonyl (C=O) groups excluding carboxylic acids is 1. The Balaban J connectivity index is 1.98. The van der Waals surface area contributed by atoms with Crippen LogP contribution in [0.25, 0.3) is 0 Å². The second kappa shape index (κ2) is 6.80. The molecule has 2 unspecified atom stereocenters. The highest BCUT2D eigenvalue weighted by Gasteiger charge is 2.30. The van der Waals surface area contributed by atoms with Gasteiger partial charge in [-0.1, -0.05) is 0 Å². The van der Waals surface area contributed by atoms with Crippen molar-refractivity contribution in [1.29, 1.82) is 0 Å². The number of nitrogens with one attached hydrogen (secondary N) is 1. The van der Waals surface area contributed by atoms with Gasteiger partial charge in [0.1, 0.15) is 11.5 Å². The van der Waals surface area contributed by atoms with Gasteiger partial charge in [-0.3, -0.25) is 4.79 Å². The molecule has 0 bridgehead atoms. The van der Waals surface area contributed by atoms with E-state index >= 15 is 0 Å². The highest BCUT2D eigenvalue weighted by atomic mass is 16.5. The van der Waals surface area contributed by atoms with Gasteiger partial charge in [0.2, 0.25) is 5.91 Å². The Morgan fingerprint density at radius 3 is 2.67 bits per heavy atom. The van der Waals surface area contributed by atoms with E-state index in [9.17, 15) is 4.79 Å². The maximum atomic E-state index is 12.0. The van der Waals surface area contributed by atoms with Crippen molar-refractivity contribution in [2.75, 3.05) is 14.2 Å². The first kappa shape index (κ1) is 15.6. The van der Waals surface area contributed by atoms with Crippen LogP contribution in [0, 0.1) is 5.92 Å². The van der Waals surface area contributed by atoms with Crippen LogP contribution >= 0.6 is 0 Å². The minimum absolute atomic E-state index is 0.0141. The van der Waals surface area contributed by atoms with Crippen LogP contribution < -0.4 is 20.5 Å². The van der Waals surface area contributed by atoms with Crippen LogP contribution in [0.2, 0.25) is 0 Å². The molecule has 1 aliphatic rings. The molecular weight excluding hydrogens is 268 g/mol. The van der Waals surface area contributed by atoms with E-state index in [-0.39, 0.29) is 18.0 Å². The molecule has 0 heterocycles. The third kappa shape index (κ3) is 4.11. The molecule has 21 heavy (non-hydrogen) atoms. The lowest BCUT2D eigenvalue weighted by Crippen LogP contribution is -2.34. The molecule has 3 N–H and O–H groups in total. The van der Waals surface area contributed by atoms with E-state index in [0.717, 1.165) is 24.2 Å². The number of benzene rings is 1. The monoisotopic (exact) mass is 292 g/mol. The number of hydrogen-bond acceptors (Lipinski definition) is 4. The largest absolute Gasteiger partial charge is 0.497 e. The summed E-state index contributed by atoms with van der Waals surface area (Å²) in [7, 11) is 3.22. The number of hydrogen-bond donors (Lipinski definition) is 2. The lowest BCUT2D eigenvalue weighted by Gasteiger charge is -2.19. The van der Waals surface area contributed by atoms with Gasteiger partial charge in [-0.05, 0) is 37.8 Å². The summed E-state index contributed by atoms with van der Waals surface area (Å²) in [5, 5.41) is 2.98. The summed E-state index contributed by atoms with van der Waals surface area (Å²) in [6.45, 7) is 1.94. The number of amides is 1. The maximum absolute atomic E-state index is 12.0. The van der Waals surface area contributed by atoms with Crippen molar-refractivity contribution in [2.45, 2.75) is 38.3 Å². The number of ether oxygens (including phenoxy) is 2. The lowest BCUT2D eigenvalue weighted by molar-refractivity contribution is -0.122. The van der Waals surface area contributed by atoms with Crippen molar-refractivity contribution in [1.82, 2.24) is 5.32 Å². The minimum Gasteiger partial charge on any atom is -0.497 e. The normalized spacial score (nSPS) is 17.0. The molecule has 5 nitrogen and oxygen atoms in total. The third-order valence-electron chi connectivity index (χ3n) is 3.93. The van der Waals surface area contributed by atoms with E-state index in [2.05, 4.69) is 5.32 Å². The second-order valence-corrected chi connectivity index (χ2v) is 5.60. The number of nitrogens with two attached hydrogens (primary N) is 1. The van der Waals surface area contributed by atoms with Crippen LogP contribution in [-0.2, 0) is 4.79 Å². The first-order valence-electron chi connectivity index (χ1n) is 7.32. The fourth-order valence-corrected chi connectivity index (χ4v) is 2.46.